The van der Waals surface area contributed by atoms with Gasteiger partial charge in [-0.3, -0.25) is 4.79 Å². The van der Waals surface area contributed by atoms with E-state index in [2.05, 4.69) is 16.5 Å². The van der Waals surface area contributed by atoms with E-state index >= 15 is 0 Å². The van der Waals surface area contributed by atoms with Crippen LogP contribution < -0.4 is 4.90 Å². The van der Waals surface area contributed by atoms with Crippen LogP contribution >= 0.6 is 0 Å². The Kier molecular flexibility index (Phi) is 3.92. The Morgan fingerprint density at radius 1 is 1.38 bits per heavy atom. The average molecular weight is 287 g/mol. The van der Waals surface area contributed by atoms with E-state index in [0.29, 0.717) is 13.1 Å². The van der Waals surface area contributed by atoms with E-state index in [9.17, 15) is 4.79 Å². The van der Waals surface area contributed by atoms with E-state index in [1.807, 2.05) is 29.3 Å². The zero-order chi connectivity index (χ0) is 14.7. The summed E-state index contributed by atoms with van der Waals surface area (Å²) < 4.78 is 5.91. The third-order valence-electron chi connectivity index (χ3n) is 4.33. The molecule has 2 aliphatic heterocycles. The number of ether oxygens (including phenoxy) is 1. The first-order valence-corrected chi connectivity index (χ1v) is 7.41. The van der Waals surface area contributed by atoms with Gasteiger partial charge in [-0.15, -0.1) is 6.58 Å². The molecule has 0 unspecified atom stereocenters. The number of rotatable bonds is 3. The summed E-state index contributed by atoms with van der Waals surface area (Å²) in [6.07, 6.45) is 5.44. The minimum atomic E-state index is -0.192. The SMILES string of the molecule is C=CCN1CC2(CCN(c3ccccn3)CC2)OCC1=O. The molecule has 0 aliphatic carbocycles. The molecule has 3 rings (SSSR count). The van der Waals surface area contributed by atoms with Crippen molar-refractivity contribution in [1.29, 1.82) is 0 Å². The number of carbonyl (C=O) groups excluding carboxylic acids is 1. The smallest absolute Gasteiger partial charge is 0.248 e. The Morgan fingerprint density at radius 3 is 2.86 bits per heavy atom. The molecule has 0 saturated carbocycles. The normalized spacial score (nSPS) is 21.6. The van der Waals surface area contributed by atoms with Gasteiger partial charge in [-0.25, -0.2) is 4.98 Å². The first-order chi connectivity index (χ1) is 10.2. The van der Waals surface area contributed by atoms with Crippen molar-refractivity contribution < 1.29 is 9.53 Å². The van der Waals surface area contributed by atoms with Gasteiger partial charge in [0.2, 0.25) is 5.91 Å². The molecule has 1 amide bonds. The molecule has 1 spiro atoms. The summed E-state index contributed by atoms with van der Waals surface area (Å²) in [5.74, 6) is 1.08. The van der Waals surface area contributed by atoms with Crippen molar-refractivity contribution in [2.24, 2.45) is 0 Å². The molecular weight excluding hydrogens is 266 g/mol. The van der Waals surface area contributed by atoms with E-state index in [-0.39, 0.29) is 18.1 Å². The van der Waals surface area contributed by atoms with Crippen molar-refractivity contribution in [2.75, 3.05) is 37.7 Å². The highest BCUT2D eigenvalue weighted by molar-refractivity contribution is 5.78. The third kappa shape index (κ3) is 2.93. The Bertz CT molecular complexity index is 510. The second-order valence-electron chi connectivity index (χ2n) is 5.71. The van der Waals surface area contributed by atoms with Gasteiger partial charge < -0.3 is 14.5 Å². The highest BCUT2D eigenvalue weighted by atomic mass is 16.5. The number of amides is 1. The number of morpholine rings is 1. The van der Waals surface area contributed by atoms with Gasteiger partial charge >= 0.3 is 0 Å². The zero-order valence-electron chi connectivity index (χ0n) is 12.2. The Hall–Kier alpha value is -1.88. The number of carbonyl (C=O) groups is 1. The summed E-state index contributed by atoms with van der Waals surface area (Å²) >= 11 is 0. The van der Waals surface area contributed by atoms with E-state index < -0.39 is 0 Å². The fraction of sp³-hybridized carbons (Fsp3) is 0.500. The van der Waals surface area contributed by atoms with Crippen LogP contribution in [0.2, 0.25) is 0 Å². The number of piperidine rings is 1. The number of hydrogen-bond donors (Lipinski definition) is 0. The predicted octanol–water partition coefficient (Wildman–Crippen LogP) is 1.47. The summed E-state index contributed by atoms with van der Waals surface area (Å²) in [5.41, 5.74) is -0.192. The number of pyridine rings is 1. The lowest BCUT2D eigenvalue weighted by Crippen LogP contribution is -2.58. The predicted molar refractivity (Wildman–Crippen MR) is 81.1 cm³/mol. The molecule has 0 radical (unpaired) electrons. The minimum Gasteiger partial charge on any atom is -0.363 e. The van der Waals surface area contributed by atoms with Crippen molar-refractivity contribution in [1.82, 2.24) is 9.88 Å². The van der Waals surface area contributed by atoms with Gasteiger partial charge in [-0.05, 0) is 25.0 Å². The van der Waals surface area contributed by atoms with Crippen LogP contribution in [0.25, 0.3) is 0 Å². The fourth-order valence-electron chi connectivity index (χ4n) is 3.10. The monoisotopic (exact) mass is 287 g/mol. The molecule has 1 aromatic heterocycles. The maximum atomic E-state index is 11.8. The highest BCUT2D eigenvalue weighted by Gasteiger charge is 2.42. The summed E-state index contributed by atoms with van der Waals surface area (Å²) in [6, 6.07) is 5.97. The van der Waals surface area contributed by atoms with E-state index in [1.165, 1.54) is 0 Å². The van der Waals surface area contributed by atoms with Crippen LogP contribution in [-0.4, -0.2) is 54.2 Å². The van der Waals surface area contributed by atoms with Gasteiger partial charge in [-0.2, -0.15) is 0 Å². The maximum absolute atomic E-state index is 11.8. The molecule has 5 heteroatoms. The molecular formula is C16H21N3O2. The number of nitrogens with zero attached hydrogens (tertiary/aromatic N) is 3. The molecule has 2 saturated heterocycles. The van der Waals surface area contributed by atoms with Gasteiger partial charge in [-0.1, -0.05) is 12.1 Å². The lowest BCUT2D eigenvalue weighted by Gasteiger charge is -2.47. The second kappa shape index (κ2) is 5.85. The molecule has 1 aromatic rings. The van der Waals surface area contributed by atoms with Crippen LogP contribution in [-0.2, 0) is 9.53 Å². The molecule has 0 bridgehead atoms. The molecule has 0 aromatic carbocycles. The molecule has 112 valence electrons. The number of aromatic nitrogens is 1. The number of anilines is 1. The molecule has 2 fully saturated rings. The van der Waals surface area contributed by atoms with E-state index in [0.717, 1.165) is 31.7 Å². The van der Waals surface area contributed by atoms with Gasteiger partial charge in [0.1, 0.15) is 12.4 Å². The fourth-order valence-corrected chi connectivity index (χ4v) is 3.10. The number of hydrogen-bond acceptors (Lipinski definition) is 4. The van der Waals surface area contributed by atoms with Crippen molar-refractivity contribution in [2.45, 2.75) is 18.4 Å². The Morgan fingerprint density at radius 2 is 2.19 bits per heavy atom. The molecule has 0 N–H and O–H groups in total. The van der Waals surface area contributed by atoms with Gasteiger partial charge in [0.25, 0.3) is 0 Å². The standard InChI is InChI=1S/C16H21N3O2/c1-2-9-19-13-16(21-12-15(19)20)6-10-18(11-7-16)14-5-3-4-8-17-14/h2-5,8H,1,6-7,9-13H2. The van der Waals surface area contributed by atoms with Gasteiger partial charge in [0, 0.05) is 25.8 Å². The molecule has 5 nitrogen and oxygen atoms in total. The second-order valence-corrected chi connectivity index (χ2v) is 5.71. The first kappa shape index (κ1) is 14.1. The summed E-state index contributed by atoms with van der Waals surface area (Å²) in [5, 5.41) is 0. The van der Waals surface area contributed by atoms with Crippen LogP contribution in [0.15, 0.2) is 37.1 Å². The van der Waals surface area contributed by atoms with Crippen molar-refractivity contribution in [3.05, 3.63) is 37.1 Å². The molecule has 3 heterocycles. The summed E-state index contributed by atoms with van der Waals surface area (Å²) in [6.45, 7) is 7.01. The van der Waals surface area contributed by atoms with Crippen LogP contribution in [0, 0.1) is 0 Å². The lowest BCUT2D eigenvalue weighted by atomic mass is 9.89. The summed E-state index contributed by atoms with van der Waals surface area (Å²) in [4.78, 5) is 20.4. The highest BCUT2D eigenvalue weighted by Crippen LogP contribution is 2.31. The van der Waals surface area contributed by atoms with Crippen molar-refractivity contribution in [3.63, 3.8) is 0 Å². The van der Waals surface area contributed by atoms with Crippen LogP contribution in [0.4, 0.5) is 5.82 Å². The quantitative estimate of drug-likeness (QED) is 0.790. The van der Waals surface area contributed by atoms with Crippen LogP contribution in [0.1, 0.15) is 12.8 Å². The van der Waals surface area contributed by atoms with Crippen molar-refractivity contribution in [3.8, 4) is 0 Å². The Balaban J connectivity index is 1.64. The van der Waals surface area contributed by atoms with E-state index in [4.69, 9.17) is 4.74 Å². The summed E-state index contributed by atoms with van der Waals surface area (Å²) in [7, 11) is 0. The first-order valence-electron chi connectivity index (χ1n) is 7.41. The molecule has 21 heavy (non-hydrogen) atoms. The van der Waals surface area contributed by atoms with Gasteiger partial charge in [0.05, 0.1) is 12.1 Å². The topological polar surface area (TPSA) is 45.7 Å². The lowest BCUT2D eigenvalue weighted by molar-refractivity contribution is -0.166. The van der Waals surface area contributed by atoms with Crippen LogP contribution in [0.3, 0.4) is 0 Å². The van der Waals surface area contributed by atoms with Crippen molar-refractivity contribution >= 4 is 11.7 Å². The molecule has 0 atom stereocenters. The zero-order valence-corrected chi connectivity index (χ0v) is 12.2. The third-order valence-corrected chi connectivity index (χ3v) is 4.33. The maximum Gasteiger partial charge on any atom is 0.248 e. The van der Waals surface area contributed by atoms with Gasteiger partial charge in [0.15, 0.2) is 0 Å². The largest absolute Gasteiger partial charge is 0.363 e. The van der Waals surface area contributed by atoms with Crippen LogP contribution in [0.5, 0.6) is 0 Å². The minimum absolute atomic E-state index is 0.0627. The average Bonchev–Trinajstić information content (AvgIpc) is 2.53. The van der Waals surface area contributed by atoms with E-state index in [1.54, 1.807) is 6.08 Å². The molecule has 2 aliphatic rings. The Labute approximate surface area is 125 Å².